The van der Waals surface area contributed by atoms with Gasteiger partial charge in [-0.1, -0.05) is 51.5 Å². The molecule has 2 aliphatic heterocycles. The maximum absolute atomic E-state index is 13.7. The lowest BCUT2D eigenvalue weighted by Gasteiger charge is -2.32. The predicted octanol–water partition coefficient (Wildman–Crippen LogP) is 6.20. The maximum Gasteiger partial charge on any atom is 0.494 e. The number of H-pyrrole nitrogens is 1. The van der Waals surface area contributed by atoms with Gasteiger partial charge >= 0.3 is 7.12 Å². The van der Waals surface area contributed by atoms with E-state index in [1.165, 1.54) is 12.8 Å². The molecule has 11 heteroatoms. The predicted molar refractivity (Wildman–Crippen MR) is 190 cm³/mol. The monoisotopic (exact) mass is 637 g/mol. The van der Waals surface area contributed by atoms with E-state index in [2.05, 4.69) is 88.7 Å². The van der Waals surface area contributed by atoms with Crippen LogP contribution in [0.3, 0.4) is 0 Å². The zero-order valence-corrected chi connectivity index (χ0v) is 29.3. The summed E-state index contributed by atoms with van der Waals surface area (Å²) >= 11 is 0. The van der Waals surface area contributed by atoms with Crippen molar-refractivity contribution in [2.45, 2.75) is 97.4 Å². The molecule has 6 rings (SSSR count). The largest absolute Gasteiger partial charge is 0.494 e. The Labute approximate surface area is 273 Å². The smallest absolute Gasteiger partial charge is 0.399 e. The molecule has 2 aromatic carbocycles. The van der Waals surface area contributed by atoms with Crippen molar-refractivity contribution in [3.05, 3.63) is 36.2 Å². The number of likely N-dealkylation sites (tertiary alicyclic amines) is 1. The summed E-state index contributed by atoms with van der Waals surface area (Å²) in [4.78, 5) is 24.6. The minimum Gasteiger partial charge on any atom is -0.399 e. The van der Waals surface area contributed by atoms with Gasteiger partial charge in [-0.05, 0) is 75.7 Å². The Morgan fingerprint density at radius 1 is 1.00 bits per heavy atom. The second-order valence-electron chi connectivity index (χ2n) is 12.9. The minimum atomic E-state index is -0.389. The van der Waals surface area contributed by atoms with Crippen molar-refractivity contribution in [1.82, 2.24) is 14.9 Å². The quantitative estimate of drug-likeness (QED) is 0.346. The average Bonchev–Trinajstić information content (AvgIpc) is 3.58. The summed E-state index contributed by atoms with van der Waals surface area (Å²) in [5, 5.41) is 2.22. The first-order valence-electron chi connectivity index (χ1n) is 14.1. The highest BCUT2D eigenvalue weighted by molar-refractivity contribution is 7.59. The third kappa shape index (κ3) is 6.05. The van der Waals surface area contributed by atoms with Gasteiger partial charge < -0.3 is 19.2 Å². The van der Waals surface area contributed by atoms with Crippen molar-refractivity contribution < 1.29 is 14.1 Å². The molecule has 228 valence electrons. The second kappa shape index (κ2) is 12.9. The number of aromatic amines is 1. The Kier molecular flexibility index (Phi) is 11.4. The number of hydrogen-bond acceptors (Lipinski definition) is 4. The van der Waals surface area contributed by atoms with Crippen LogP contribution in [0.5, 0.6) is 0 Å². The number of rotatable bonds is 4. The van der Waals surface area contributed by atoms with E-state index in [-0.39, 0.29) is 90.2 Å². The van der Waals surface area contributed by atoms with Crippen LogP contribution in [0.15, 0.2) is 30.3 Å². The molecule has 1 amide bonds. The zero-order chi connectivity index (χ0) is 26.3. The van der Waals surface area contributed by atoms with Crippen LogP contribution < -0.4 is 5.46 Å². The van der Waals surface area contributed by atoms with E-state index in [0.717, 1.165) is 45.9 Å². The summed E-state index contributed by atoms with van der Waals surface area (Å²) in [5.74, 6) is 2.13. The maximum atomic E-state index is 13.7. The Balaban J connectivity index is 0.00000147. The Hall–Kier alpha value is -0.975. The average molecular weight is 638 g/mol. The lowest BCUT2D eigenvalue weighted by Crippen LogP contribution is -2.42. The van der Waals surface area contributed by atoms with E-state index in [9.17, 15) is 4.79 Å². The summed E-state index contributed by atoms with van der Waals surface area (Å²) in [7, 11) is -0.389. The molecule has 3 aliphatic rings. The number of fused-ring (bicyclic) bond motifs is 4. The van der Waals surface area contributed by atoms with Crippen molar-refractivity contribution in [3.63, 3.8) is 0 Å². The van der Waals surface area contributed by atoms with E-state index in [0.29, 0.717) is 17.9 Å². The molecule has 3 heterocycles. The molecule has 2 saturated heterocycles. The number of benzene rings is 2. The van der Waals surface area contributed by atoms with Crippen LogP contribution >= 0.6 is 54.0 Å². The molecule has 1 saturated carbocycles. The molecule has 0 unspecified atom stereocenters. The Morgan fingerprint density at radius 2 is 1.66 bits per heavy atom. The normalized spacial score (nSPS) is 24.8. The highest BCUT2D eigenvalue weighted by Crippen LogP contribution is 2.48. The number of amides is 1. The number of carbonyl (C=O) groups is 1. The van der Waals surface area contributed by atoms with Gasteiger partial charge in [-0.2, -0.15) is 54.0 Å². The molecule has 3 aromatic rings. The van der Waals surface area contributed by atoms with Crippen LogP contribution in [0, 0.1) is 17.8 Å². The molecule has 0 bridgehead atoms. The number of nitrogens with zero attached hydrogens (tertiary/aromatic N) is 2. The fraction of sp³-hybridized carbons (Fsp3) is 0.600. The molecule has 0 spiro atoms. The van der Waals surface area contributed by atoms with E-state index in [4.69, 9.17) is 14.3 Å². The fourth-order valence-electron chi connectivity index (χ4n) is 6.49. The summed E-state index contributed by atoms with van der Waals surface area (Å²) < 4.78 is 12.6. The van der Waals surface area contributed by atoms with Gasteiger partial charge in [0.05, 0.1) is 28.3 Å². The standard InChI is InChI=1S/C30H40BN3O3.4H2S/c1-17(2)18(3)28(35)34-24-10-8-9-20(24)16-25(34)27-32-23-14-11-19-15-21(12-13-22(19)26(23)33-27)31-36-29(4,5)30(6,7)37-31;;;;/h11-15,17-18,20,24-25H,8-10,16H2,1-7H3,(H,32,33);4*1H2/t18-,20-,24-,25-;;;;/m0..../s1. The molecule has 41 heavy (non-hydrogen) atoms. The van der Waals surface area contributed by atoms with E-state index >= 15 is 0 Å². The van der Waals surface area contributed by atoms with Crippen LogP contribution in [-0.2, 0) is 14.1 Å². The molecule has 1 aliphatic carbocycles. The highest BCUT2D eigenvalue weighted by Gasteiger charge is 2.52. The zero-order valence-electron chi connectivity index (χ0n) is 25.3. The van der Waals surface area contributed by atoms with E-state index in [1.807, 2.05) is 0 Å². The number of nitrogens with one attached hydrogen (secondary N) is 1. The van der Waals surface area contributed by atoms with E-state index < -0.39 is 0 Å². The fourth-order valence-corrected chi connectivity index (χ4v) is 6.49. The number of imidazole rings is 1. The first-order chi connectivity index (χ1) is 17.5. The molecular weight excluding hydrogens is 589 g/mol. The molecule has 4 atom stereocenters. The molecule has 1 aromatic heterocycles. The molecule has 6 nitrogen and oxygen atoms in total. The Morgan fingerprint density at radius 3 is 2.29 bits per heavy atom. The summed E-state index contributed by atoms with van der Waals surface area (Å²) in [6.07, 6.45) is 4.55. The molecular formula is C30H48BN3O3S4. The number of aromatic nitrogens is 2. The van der Waals surface area contributed by atoms with Crippen molar-refractivity contribution in [3.8, 4) is 0 Å². The highest BCUT2D eigenvalue weighted by atomic mass is 32.1. The van der Waals surface area contributed by atoms with Crippen LogP contribution in [0.1, 0.15) is 86.0 Å². The summed E-state index contributed by atoms with van der Waals surface area (Å²) in [6, 6.07) is 11.0. The van der Waals surface area contributed by atoms with Gasteiger partial charge in [0.1, 0.15) is 5.82 Å². The lowest BCUT2D eigenvalue weighted by molar-refractivity contribution is -0.139. The third-order valence-corrected chi connectivity index (χ3v) is 9.83. The van der Waals surface area contributed by atoms with Gasteiger partial charge in [0.15, 0.2) is 0 Å². The lowest BCUT2D eigenvalue weighted by atomic mass is 9.78. The van der Waals surface area contributed by atoms with Gasteiger partial charge in [0.2, 0.25) is 5.91 Å². The SMILES string of the molecule is CC(C)[C@H](C)C(=O)N1[C@H](c2nc3c(ccc4cc(B5OC(C)(C)C(C)(C)O5)ccc43)[nH]2)C[C@@H]2CCC[C@@H]21.S.S.S.S. The third-order valence-electron chi connectivity index (χ3n) is 9.83. The number of carbonyl (C=O) groups excluding carboxylic acids is 1. The topological polar surface area (TPSA) is 67.5 Å². The molecule has 0 radical (unpaired) electrons. The first kappa shape index (κ1) is 36.2. The number of hydrogen-bond donors (Lipinski definition) is 1. The second-order valence-corrected chi connectivity index (χ2v) is 12.9. The van der Waals surface area contributed by atoms with Gasteiger partial charge in [-0.25, -0.2) is 4.98 Å². The van der Waals surface area contributed by atoms with Gasteiger partial charge in [-0.3, -0.25) is 4.79 Å². The Bertz CT molecular complexity index is 1370. The van der Waals surface area contributed by atoms with Crippen molar-refractivity contribution in [2.75, 3.05) is 0 Å². The van der Waals surface area contributed by atoms with Gasteiger partial charge in [0, 0.05) is 17.3 Å². The van der Waals surface area contributed by atoms with Crippen molar-refractivity contribution in [1.29, 1.82) is 0 Å². The van der Waals surface area contributed by atoms with Crippen molar-refractivity contribution in [2.24, 2.45) is 17.8 Å². The van der Waals surface area contributed by atoms with Crippen LogP contribution in [-0.4, -0.2) is 45.1 Å². The van der Waals surface area contributed by atoms with Crippen LogP contribution in [0.4, 0.5) is 0 Å². The molecule has 3 fully saturated rings. The molecule has 1 N–H and O–H groups in total. The van der Waals surface area contributed by atoms with E-state index in [1.54, 1.807) is 0 Å². The van der Waals surface area contributed by atoms with Crippen molar-refractivity contribution >= 4 is 94.3 Å². The summed E-state index contributed by atoms with van der Waals surface area (Å²) in [6.45, 7) is 14.7. The summed E-state index contributed by atoms with van der Waals surface area (Å²) in [5.41, 5.74) is 2.26. The minimum absolute atomic E-state index is 0. The first-order valence-corrected chi connectivity index (χ1v) is 14.1. The van der Waals surface area contributed by atoms with Gasteiger partial charge in [-0.15, -0.1) is 0 Å². The van der Waals surface area contributed by atoms with Crippen LogP contribution in [0.25, 0.3) is 21.8 Å². The van der Waals surface area contributed by atoms with Gasteiger partial charge in [0.25, 0.3) is 0 Å². The van der Waals surface area contributed by atoms with Crippen LogP contribution in [0.2, 0.25) is 0 Å².